The number of nitrogens with one attached hydrogen (secondary N) is 1. The summed E-state index contributed by atoms with van der Waals surface area (Å²) >= 11 is 5.00. The molecule has 1 aromatic heterocycles. The topological polar surface area (TPSA) is 47.0 Å². The number of hydrogen-bond acceptors (Lipinski definition) is 5. The molecule has 1 N–H and O–H groups in total. The fourth-order valence-corrected chi connectivity index (χ4v) is 3.44. The number of rotatable bonds is 6. The Morgan fingerprint density at radius 3 is 2.80 bits per heavy atom. The van der Waals surface area contributed by atoms with Crippen molar-refractivity contribution in [2.24, 2.45) is 0 Å². The van der Waals surface area contributed by atoms with Crippen LogP contribution in [0.1, 0.15) is 29.1 Å². The van der Waals surface area contributed by atoms with Crippen LogP contribution in [0.2, 0.25) is 0 Å². The zero-order chi connectivity index (χ0) is 14.5. The quantitative estimate of drug-likeness (QED) is 0.861. The average molecular weight is 356 g/mol. The van der Waals surface area contributed by atoms with E-state index in [9.17, 15) is 0 Å². The zero-order valence-electron chi connectivity index (χ0n) is 11.8. The van der Waals surface area contributed by atoms with E-state index in [1.54, 1.807) is 7.11 Å². The number of aryl methyl sites for hydroxylation is 1. The summed E-state index contributed by atoms with van der Waals surface area (Å²) in [6.07, 6.45) is 0.904. The van der Waals surface area contributed by atoms with Gasteiger partial charge in [-0.3, -0.25) is 0 Å². The number of benzene rings is 1. The fraction of sp³-hybridized carbons (Fsp3) is 0.429. The van der Waals surface area contributed by atoms with E-state index < -0.39 is 0 Å². The third kappa shape index (κ3) is 3.56. The molecule has 1 atom stereocenters. The van der Waals surface area contributed by atoms with Gasteiger partial charge in [-0.15, -0.1) is 5.10 Å². The van der Waals surface area contributed by atoms with Gasteiger partial charge in [-0.2, -0.15) is 0 Å². The Balaban J connectivity index is 2.20. The first-order valence-corrected chi connectivity index (χ1v) is 8.07. The molecule has 0 bridgehead atoms. The number of aromatic nitrogens is 2. The van der Waals surface area contributed by atoms with Crippen molar-refractivity contribution in [1.82, 2.24) is 14.9 Å². The van der Waals surface area contributed by atoms with E-state index in [1.165, 1.54) is 22.0 Å². The first-order valence-electron chi connectivity index (χ1n) is 6.50. The van der Waals surface area contributed by atoms with E-state index in [2.05, 4.69) is 49.9 Å². The molecule has 6 heteroatoms. The molecule has 0 spiro atoms. The molecule has 0 amide bonds. The van der Waals surface area contributed by atoms with Crippen LogP contribution in [0.15, 0.2) is 22.7 Å². The molecule has 20 heavy (non-hydrogen) atoms. The van der Waals surface area contributed by atoms with Crippen LogP contribution in [0.3, 0.4) is 0 Å². The third-order valence-electron chi connectivity index (χ3n) is 3.11. The van der Waals surface area contributed by atoms with Crippen molar-refractivity contribution in [3.05, 3.63) is 38.8 Å². The van der Waals surface area contributed by atoms with E-state index in [0.717, 1.165) is 28.9 Å². The molecule has 1 aromatic carbocycles. The summed E-state index contributed by atoms with van der Waals surface area (Å²) in [5.41, 5.74) is 2.25. The van der Waals surface area contributed by atoms with Crippen molar-refractivity contribution >= 4 is 27.5 Å². The lowest BCUT2D eigenvalue weighted by molar-refractivity contribution is 0.412. The van der Waals surface area contributed by atoms with Crippen LogP contribution in [-0.2, 0) is 6.42 Å². The lowest BCUT2D eigenvalue weighted by Crippen LogP contribution is -2.22. The van der Waals surface area contributed by atoms with Gasteiger partial charge in [0.25, 0.3) is 0 Å². The van der Waals surface area contributed by atoms with E-state index in [1.807, 2.05) is 13.0 Å². The van der Waals surface area contributed by atoms with Gasteiger partial charge in [-0.25, -0.2) is 0 Å². The molecule has 2 aromatic rings. The monoisotopic (exact) mass is 355 g/mol. The second kappa shape index (κ2) is 7.15. The molecular formula is C14H18BrN3OS. The van der Waals surface area contributed by atoms with Crippen molar-refractivity contribution in [1.29, 1.82) is 0 Å². The van der Waals surface area contributed by atoms with Crippen molar-refractivity contribution in [2.45, 2.75) is 26.3 Å². The van der Waals surface area contributed by atoms with Crippen LogP contribution in [0.25, 0.3) is 0 Å². The lowest BCUT2D eigenvalue weighted by Gasteiger charge is -2.17. The summed E-state index contributed by atoms with van der Waals surface area (Å²) in [4.78, 5) is 1.21. The average Bonchev–Trinajstić information content (AvgIpc) is 2.85. The summed E-state index contributed by atoms with van der Waals surface area (Å²) in [7, 11) is 1.67. The highest BCUT2D eigenvalue weighted by atomic mass is 79.9. The Morgan fingerprint density at radius 2 is 2.25 bits per heavy atom. The summed E-state index contributed by atoms with van der Waals surface area (Å²) in [6.45, 7) is 5.03. The summed E-state index contributed by atoms with van der Waals surface area (Å²) in [6, 6.07) is 6.44. The molecule has 108 valence electrons. The highest BCUT2D eigenvalue weighted by Gasteiger charge is 2.17. The van der Waals surface area contributed by atoms with Crippen molar-refractivity contribution in [3.63, 3.8) is 0 Å². The lowest BCUT2D eigenvalue weighted by atomic mass is 10.0. The number of nitrogens with zero attached hydrogens (tertiary/aromatic N) is 2. The molecule has 2 rings (SSSR count). The van der Waals surface area contributed by atoms with E-state index >= 15 is 0 Å². The number of methoxy groups -OCH3 is 1. The van der Waals surface area contributed by atoms with E-state index in [0.29, 0.717) is 0 Å². The Labute approximate surface area is 131 Å². The summed E-state index contributed by atoms with van der Waals surface area (Å²) < 4.78 is 10.3. The Morgan fingerprint density at radius 1 is 1.45 bits per heavy atom. The zero-order valence-corrected chi connectivity index (χ0v) is 14.2. The number of ether oxygens (including phenoxy) is 1. The maximum Gasteiger partial charge on any atom is 0.133 e. The molecule has 0 saturated heterocycles. The van der Waals surface area contributed by atoms with Gasteiger partial charge in [0.1, 0.15) is 5.75 Å². The SMILES string of the molecule is CCNC(Cc1ccc(OC)c(Br)c1)c1snnc1C. The molecule has 0 saturated carbocycles. The van der Waals surface area contributed by atoms with Gasteiger partial charge in [0.2, 0.25) is 0 Å². The van der Waals surface area contributed by atoms with E-state index in [-0.39, 0.29) is 6.04 Å². The van der Waals surface area contributed by atoms with Crippen LogP contribution in [0.4, 0.5) is 0 Å². The highest BCUT2D eigenvalue weighted by Crippen LogP contribution is 2.29. The Hall–Kier alpha value is -0.980. The molecule has 4 nitrogen and oxygen atoms in total. The van der Waals surface area contributed by atoms with Crippen LogP contribution >= 0.6 is 27.5 Å². The summed E-state index contributed by atoms with van der Waals surface area (Å²) in [5.74, 6) is 0.851. The van der Waals surface area contributed by atoms with Crippen molar-refractivity contribution in [2.75, 3.05) is 13.7 Å². The highest BCUT2D eigenvalue weighted by molar-refractivity contribution is 9.10. The maximum atomic E-state index is 5.26. The molecule has 0 aliphatic heterocycles. The van der Waals surface area contributed by atoms with Gasteiger partial charge >= 0.3 is 0 Å². The predicted molar refractivity (Wildman–Crippen MR) is 85.5 cm³/mol. The molecule has 1 heterocycles. The van der Waals surface area contributed by atoms with Gasteiger partial charge in [0.15, 0.2) is 0 Å². The van der Waals surface area contributed by atoms with Gasteiger partial charge in [-0.05, 0) is 65.0 Å². The molecule has 0 aliphatic rings. The predicted octanol–water partition coefficient (Wildman–Crippen LogP) is 3.51. The van der Waals surface area contributed by atoms with Crippen LogP contribution in [0, 0.1) is 6.92 Å². The standard InChI is InChI=1S/C14H18BrN3OS/c1-4-16-12(14-9(2)17-18-20-14)8-10-5-6-13(19-3)11(15)7-10/h5-7,12,16H,4,8H2,1-3H3. The molecule has 0 radical (unpaired) electrons. The Kier molecular flexibility index (Phi) is 5.51. The normalized spacial score (nSPS) is 12.4. The van der Waals surface area contributed by atoms with Crippen LogP contribution in [0.5, 0.6) is 5.75 Å². The van der Waals surface area contributed by atoms with Gasteiger partial charge < -0.3 is 10.1 Å². The van der Waals surface area contributed by atoms with Gasteiger partial charge in [0.05, 0.1) is 22.2 Å². The molecule has 0 fully saturated rings. The minimum atomic E-state index is 0.250. The Bertz CT molecular complexity index is 573. The molecule has 0 aliphatic carbocycles. The van der Waals surface area contributed by atoms with Crippen molar-refractivity contribution in [3.8, 4) is 5.75 Å². The van der Waals surface area contributed by atoms with E-state index in [4.69, 9.17) is 4.74 Å². The minimum absolute atomic E-state index is 0.250. The summed E-state index contributed by atoms with van der Waals surface area (Å²) in [5, 5.41) is 7.61. The number of likely N-dealkylation sites (N-methyl/N-ethyl adjacent to an activating group) is 1. The van der Waals surface area contributed by atoms with Crippen LogP contribution < -0.4 is 10.1 Å². The van der Waals surface area contributed by atoms with Gasteiger partial charge in [-0.1, -0.05) is 17.5 Å². The van der Waals surface area contributed by atoms with Crippen LogP contribution in [-0.4, -0.2) is 23.2 Å². The number of hydrogen-bond donors (Lipinski definition) is 1. The minimum Gasteiger partial charge on any atom is -0.496 e. The number of halogens is 1. The van der Waals surface area contributed by atoms with Gasteiger partial charge in [0, 0.05) is 6.04 Å². The second-order valence-electron chi connectivity index (χ2n) is 4.51. The first-order chi connectivity index (χ1) is 9.65. The third-order valence-corrected chi connectivity index (χ3v) is 4.67. The molecule has 1 unspecified atom stereocenters. The second-order valence-corrected chi connectivity index (χ2v) is 6.15. The first kappa shape index (κ1) is 15.4. The van der Waals surface area contributed by atoms with Crippen molar-refractivity contribution < 1.29 is 4.74 Å². The maximum absolute atomic E-state index is 5.26. The molecular weight excluding hydrogens is 338 g/mol. The fourth-order valence-electron chi connectivity index (χ4n) is 2.13. The largest absolute Gasteiger partial charge is 0.496 e. The smallest absolute Gasteiger partial charge is 0.133 e.